The van der Waals surface area contributed by atoms with Crippen LogP contribution in [0.2, 0.25) is 0 Å². The zero-order valence-corrected chi connectivity index (χ0v) is 13.7. The molecule has 22 heavy (non-hydrogen) atoms. The molecule has 0 unspecified atom stereocenters. The number of hydrogen-bond acceptors (Lipinski definition) is 6. The zero-order valence-electron chi connectivity index (χ0n) is 12.9. The molecule has 0 bridgehead atoms. The van der Waals surface area contributed by atoms with E-state index in [2.05, 4.69) is 14.9 Å². The van der Waals surface area contributed by atoms with Gasteiger partial charge < -0.3 is 4.52 Å². The van der Waals surface area contributed by atoms with E-state index in [1.54, 1.807) is 31.2 Å². The lowest BCUT2D eigenvalue weighted by Gasteiger charge is -2.14. The van der Waals surface area contributed by atoms with E-state index in [1.807, 2.05) is 18.9 Å². The Hall–Kier alpha value is -1.77. The molecule has 0 aliphatic carbocycles. The van der Waals surface area contributed by atoms with E-state index in [0.29, 0.717) is 31.3 Å². The number of hydrogen-bond donors (Lipinski definition) is 1. The molecule has 1 N–H and O–H groups in total. The predicted molar refractivity (Wildman–Crippen MR) is 81.7 cm³/mol. The van der Waals surface area contributed by atoms with Crippen molar-refractivity contribution >= 4 is 10.0 Å². The fourth-order valence-corrected chi connectivity index (χ4v) is 2.92. The molecule has 0 fully saturated rings. The molecule has 2 rings (SSSR count). The molecule has 0 radical (unpaired) electrons. The lowest BCUT2D eigenvalue weighted by molar-refractivity contribution is 0.311. The van der Waals surface area contributed by atoms with Crippen molar-refractivity contribution in [3.63, 3.8) is 0 Å². The van der Waals surface area contributed by atoms with Gasteiger partial charge in [-0.05, 0) is 26.1 Å². The Morgan fingerprint density at radius 3 is 2.50 bits per heavy atom. The summed E-state index contributed by atoms with van der Waals surface area (Å²) in [4.78, 5) is 6.30. The molecule has 8 heteroatoms. The van der Waals surface area contributed by atoms with Crippen LogP contribution in [0.5, 0.6) is 0 Å². The maximum absolute atomic E-state index is 12.1. The molecule has 1 aromatic carbocycles. The van der Waals surface area contributed by atoms with E-state index in [1.165, 1.54) is 0 Å². The highest BCUT2D eigenvalue weighted by Gasteiger charge is 2.13. The molecule has 0 spiro atoms. The summed E-state index contributed by atoms with van der Waals surface area (Å²) in [6.07, 6.45) is 0. The van der Waals surface area contributed by atoms with E-state index < -0.39 is 10.0 Å². The van der Waals surface area contributed by atoms with Gasteiger partial charge in [0, 0.05) is 20.0 Å². The molecular formula is C14H20N4O3S. The van der Waals surface area contributed by atoms with Crippen LogP contribution < -0.4 is 4.72 Å². The third-order valence-corrected chi connectivity index (χ3v) is 4.57. The van der Waals surface area contributed by atoms with Gasteiger partial charge in [-0.3, -0.25) is 4.90 Å². The van der Waals surface area contributed by atoms with Crippen molar-refractivity contribution in [1.29, 1.82) is 0 Å². The van der Waals surface area contributed by atoms with Gasteiger partial charge in [-0.1, -0.05) is 22.9 Å². The van der Waals surface area contributed by atoms with Crippen LogP contribution in [0.1, 0.15) is 17.3 Å². The van der Waals surface area contributed by atoms with Crippen molar-refractivity contribution in [3.05, 3.63) is 41.5 Å². The fraction of sp³-hybridized carbons (Fsp3) is 0.429. The molecular weight excluding hydrogens is 304 g/mol. The Labute approximate surface area is 130 Å². The van der Waals surface area contributed by atoms with Crippen LogP contribution in [0, 0.1) is 13.8 Å². The summed E-state index contributed by atoms with van der Waals surface area (Å²) in [5.74, 6) is 1.10. The molecule has 0 atom stereocenters. The molecule has 1 aromatic heterocycles. The number of aryl methyl sites for hydroxylation is 2. The molecule has 0 amide bonds. The lowest BCUT2D eigenvalue weighted by atomic mass is 10.2. The minimum atomic E-state index is -3.47. The van der Waals surface area contributed by atoms with Gasteiger partial charge in [0.25, 0.3) is 0 Å². The zero-order chi connectivity index (χ0) is 16.2. The van der Waals surface area contributed by atoms with Gasteiger partial charge >= 0.3 is 0 Å². The van der Waals surface area contributed by atoms with E-state index in [0.717, 1.165) is 5.56 Å². The van der Waals surface area contributed by atoms with Crippen LogP contribution in [-0.2, 0) is 16.6 Å². The Morgan fingerprint density at radius 2 is 1.91 bits per heavy atom. The third-order valence-electron chi connectivity index (χ3n) is 3.10. The first-order valence-electron chi connectivity index (χ1n) is 6.91. The molecule has 7 nitrogen and oxygen atoms in total. The lowest BCUT2D eigenvalue weighted by Crippen LogP contribution is -2.33. The highest BCUT2D eigenvalue weighted by atomic mass is 32.2. The van der Waals surface area contributed by atoms with Crippen molar-refractivity contribution in [2.75, 3.05) is 20.1 Å². The second kappa shape index (κ2) is 6.99. The highest BCUT2D eigenvalue weighted by Crippen LogP contribution is 2.09. The summed E-state index contributed by atoms with van der Waals surface area (Å²) >= 11 is 0. The first-order valence-corrected chi connectivity index (χ1v) is 8.39. The minimum absolute atomic E-state index is 0.273. The van der Waals surface area contributed by atoms with Crippen molar-refractivity contribution in [1.82, 2.24) is 19.8 Å². The molecule has 0 saturated carbocycles. The topological polar surface area (TPSA) is 88.3 Å². The van der Waals surface area contributed by atoms with Crippen LogP contribution in [0.4, 0.5) is 0 Å². The molecule has 1 heterocycles. The Balaban J connectivity index is 1.83. The summed E-state index contributed by atoms with van der Waals surface area (Å²) in [7, 11) is -1.60. The summed E-state index contributed by atoms with van der Waals surface area (Å²) in [5.41, 5.74) is 1.02. The second-order valence-corrected chi connectivity index (χ2v) is 6.95. The number of sulfonamides is 1. The Morgan fingerprint density at radius 1 is 1.23 bits per heavy atom. The molecule has 0 aliphatic rings. The molecule has 0 aliphatic heterocycles. The maximum Gasteiger partial charge on any atom is 0.240 e. The second-order valence-electron chi connectivity index (χ2n) is 5.18. The predicted octanol–water partition coefficient (Wildman–Crippen LogP) is 1.10. The van der Waals surface area contributed by atoms with Crippen molar-refractivity contribution in [2.45, 2.75) is 25.3 Å². The van der Waals surface area contributed by atoms with Crippen LogP contribution in [0.25, 0.3) is 0 Å². The Bertz CT molecular complexity index is 710. The van der Waals surface area contributed by atoms with E-state index in [-0.39, 0.29) is 4.90 Å². The standard InChI is InChI=1S/C14H20N4O3S/c1-11-4-6-13(7-5-11)22(19,20)15-8-9-18(3)10-14-16-12(2)21-17-14/h4-7,15H,8-10H2,1-3H3. The third kappa shape index (κ3) is 4.62. The van der Waals surface area contributed by atoms with E-state index in [4.69, 9.17) is 4.52 Å². The maximum atomic E-state index is 12.1. The van der Waals surface area contributed by atoms with Gasteiger partial charge in [0.2, 0.25) is 15.9 Å². The number of benzene rings is 1. The smallest absolute Gasteiger partial charge is 0.240 e. The molecule has 0 saturated heterocycles. The average Bonchev–Trinajstić information content (AvgIpc) is 2.84. The fourth-order valence-electron chi connectivity index (χ4n) is 1.90. The van der Waals surface area contributed by atoms with Gasteiger partial charge in [0.05, 0.1) is 11.4 Å². The quantitative estimate of drug-likeness (QED) is 0.820. The van der Waals surface area contributed by atoms with Gasteiger partial charge in [-0.25, -0.2) is 13.1 Å². The normalized spacial score (nSPS) is 12.0. The monoisotopic (exact) mass is 324 g/mol. The number of aromatic nitrogens is 2. The first kappa shape index (κ1) is 16.6. The first-order chi connectivity index (χ1) is 10.4. The van der Waals surface area contributed by atoms with E-state index >= 15 is 0 Å². The van der Waals surface area contributed by atoms with E-state index in [9.17, 15) is 8.42 Å². The summed E-state index contributed by atoms with van der Waals surface area (Å²) in [5, 5.41) is 3.80. The Kier molecular flexibility index (Phi) is 5.28. The van der Waals surface area contributed by atoms with Crippen LogP contribution in [-0.4, -0.2) is 43.6 Å². The summed E-state index contributed by atoms with van der Waals surface area (Å²) in [6, 6.07) is 6.76. The van der Waals surface area contributed by atoms with Gasteiger partial charge in [0.15, 0.2) is 5.82 Å². The number of rotatable bonds is 7. The largest absolute Gasteiger partial charge is 0.340 e. The number of nitrogens with one attached hydrogen (secondary N) is 1. The number of likely N-dealkylation sites (N-methyl/N-ethyl adjacent to an activating group) is 1. The minimum Gasteiger partial charge on any atom is -0.340 e. The van der Waals surface area contributed by atoms with Gasteiger partial charge in [0.1, 0.15) is 0 Å². The average molecular weight is 324 g/mol. The van der Waals surface area contributed by atoms with Crippen LogP contribution in [0.3, 0.4) is 0 Å². The van der Waals surface area contributed by atoms with Gasteiger partial charge in [-0.15, -0.1) is 0 Å². The molecule has 120 valence electrons. The van der Waals surface area contributed by atoms with Crippen LogP contribution >= 0.6 is 0 Å². The van der Waals surface area contributed by atoms with Crippen molar-refractivity contribution in [2.24, 2.45) is 0 Å². The SMILES string of the molecule is Cc1ccc(S(=O)(=O)NCCN(C)Cc2noc(C)n2)cc1. The summed E-state index contributed by atoms with van der Waals surface area (Å²) in [6.45, 7) is 5.00. The van der Waals surface area contributed by atoms with Crippen molar-refractivity contribution < 1.29 is 12.9 Å². The summed E-state index contributed by atoms with van der Waals surface area (Å²) < 4.78 is 31.7. The number of nitrogens with zero attached hydrogens (tertiary/aromatic N) is 3. The van der Waals surface area contributed by atoms with Crippen molar-refractivity contribution in [3.8, 4) is 0 Å². The molecule has 2 aromatic rings. The highest BCUT2D eigenvalue weighted by molar-refractivity contribution is 7.89. The van der Waals surface area contributed by atoms with Gasteiger partial charge in [-0.2, -0.15) is 4.98 Å². The van der Waals surface area contributed by atoms with Crippen LogP contribution in [0.15, 0.2) is 33.7 Å².